The van der Waals surface area contributed by atoms with Gasteiger partial charge in [-0.15, -0.1) is 0 Å². The molecule has 1 N–H and O–H groups in total. The smallest absolute Gasteiger partial charge is 0.153 e. The fourth-order valence-electron chi connectivity index (χ4n) is 0.461. The predicted molar refractivity (Wildman–Crippen MR) is 86.5 cm³/mol. The summed E-state index contributed by atoms with van der Waals surface area (Å²) >= 11 is 0. The van der Waals surface area contributed by atoms with E-state index in [1.807, 2.05) is 27.7 Å². The molecule has 0 aliphatic carbocycles. The minimum absolute atomic E-state index is 0. The molecule has 2 heterocycles. The van der Waals surface area contributed by atoms with Gasteiger partial charge >= 0.3 is 0 Å². The number of hydrogen-bond acceptors (Lipinski definition) is 6. The van der Waals surface area contributed by atoms with Gasteiger partial charge < -0.3 is 28.8 Å². The van der Waals surface area contributed by atoms with Crippen molar-refractivity contribution >= 4 is 0 Å². The van der Waals surface area contributed by atoms with E-state index in [4.69, 9.17) is 14.6 Å². The SMILES string of the molecule is C.C1CO1.C1COCO1.CC.CCC(O)OC.CCOC. The second-order valence-electron chi connectivity index (χ2n) is 3.22. The van der Waals surface area contributed by atoms with Crippen LogP contribution in [0.15, 0.2) is 0 Å². The van der Waals surface area contributed by atoms with Crippen LogP contribution in [0.4, 0.5) is 0 Å². The maximum Gasteiger partial charge on any atom is 0.153 e. The summed E-state index contributed by atoms with van der Waals surface area (Å²) < 4.78 is 22.9. The molecular weight excluding hydrogens is 276 g/mol. The van der Waals surface area contributed by atoms with Gasteiger partial charge in [0.05, 0.1) is 26.4 Å². The molecular formula is C15H38O6. The summed E-state index contributed by atoms with van der Waals surface area (Å²) in [6, 6.07) is 0. The second-order valence-corrected chi connectivity index (χ2v) is 3.22. The number of hydrogen-bond donors (Lipinski definition) is 1. The number of aliphatic hydroxyl groups is 1. The average molecular weight is 314 g/mol. The summed E-state index contributed by atoms with van der Waals surface area (Å²) in [5, 5.41) is 8.44. The van der Waals surface area contributed by atoms with E-state index in [-0.39, 0.29) is 7.43 Å². The van der Waals surface area contributed by atoms with Crippen LogP contribution < -0.4 is 0 Å². The summed E-state index contributed by atoms with van der Waals surface area (Å²) in [6.45, 7) is 12.7. The molecule has 1 atom stereocenters. The normalized spacial score (nSPS) is 15.0. The van der Waals surface area contributed by atoms with Crippen molar-refractivity contribution in [2.75, 3.05) is 54.0 Å². The minimum atomic E-state index is -0.565. The van der Waals surface area contributed by atoms with Gasteiger partial charge in [-0.1, -0.05) is 28.2 Å². The van der Waals surface area contributed by atoms with Crippen LogP contribution in [0.2, 0.25) is 0 Å². The van der Waals surface area contributed by atoms with Gasteiger partial charge in [-0.3, -0.25) is 0 Å². The molecule has 0 aromatic carbocycles. The number of methoxy groups -OCH3 is 2. The Morgan fingerprint density at radius 3 is 1.33 bits per heavy atom. The minimum Gasteiger partial charge on any atom is -0.385 e. The lowest BCUT2D eigenvalue weighted by atomic mass is 10.5. The number of rotatable bonds is 3. The molecule has 0 radical (unpaired) electrons. The maximum absolute atomic E-state index is 8.44. The van der Waals surface area contributed by atoms with Crippen LogP contribution in [0.1, 0.15) is 41.5 Å². The van der Waals surface area contributed by atoms with Gasteiger partial charge in [0.1, 0.15) is 6.79 Å². The van der Waals surface area contributed by atoms with Crippen LogP contribution in [0.5, 0.6) is 0 Å². The third-order valence-corrected chi connectivity index (χ3v) is 1.65. The number of aliphatic hydroxyl groups excluding tert-OH is 1. The van der Waals surface area contributed by atoms with E-state index in [1.165, 1.54) is 7.11 Å². The third kappa shape index (κ3) is 53.8. The van der Waals surface area contributed by atoms with E-state index < -0.39 is 6.29 Å². The highest BCUT2D eigenvalue weighted by Gasteiger charge is 1.94. The molecule has 21 heavy (non-hydrogen) atoms. The monoisotopic (exact) mass is 314 g/mol. The molecule has 2 saturated heterocycles. The van der Waals surface area contributed by atoms with Gasteiger partial charge in [0.2, 0.25) is 0 Å². The van der Waals surface area contributed by atoms with Gasteiger partial charge in [-0.2, -0.15) is 0 Å². The fraction of sp³-hybridized carbons (Fsp3) is 1.00. The molecule has 6 heteroatoms. The van der Waals surface area contributed by atoms with Gasteiger partial charge in [-0.05, 0) is 13.3 Å². The van der Waals surface area contributed by atoms with Crippen LogP contribution >= 0.6 is 0 Å². The van der Waals surface area contributed by atoms with Gasteiger partial charge in [0, 0.05) is 20.8 Å². The first-order valence-electron chi connectivity index (χ1n) is 7.15. The highest BCUT2D eigenvalue weighted by Crippen LogP contribution is 1.86. The Labute approximate surface area is 131 Å². The summed E-state index contributed by atoms with van der Waals surface area (Å²) in [6.07, 6.45) is 0.0984. The lowest BCUT2D eigenvalue weighted by molar-refractivity contribution is -0.0748. The Balaban J connectivity index is -0.0000000885. The molecule has 2 fully saturated rings. The second kappa shape index (κ2) is 31.9. The molecule has 2 rings (SSSR count). The van der Waals surface area contributed by atoms with Gasteiger partial charge in [-0.25, -0.2) is 0 Å². The van der Waals surface area contributed by atoms with E-state index in [0.717, 1.165) is 33.0 Å². The summed E-state index contributed by atoms with van der Waals surface area (Å²) in [7, 11) is 3.16. The van der Waals surface area contributed by atoms with E-state index >= 15 is 0 Å². The average Bonchev–Trinajstić information content (AvgIpc) is 3.30. The lowest BCUT2D eigenvalue weighted by Gasteiger charge is -2.00. The first-order valence-corrected chi connectivity index (χ1v) is 7.15. The van der Waals surface area contributed by atoms with E-state index in [0.29, 0.717) is 13.2 Å². The van der Waals surface area contributed by atoms with Crippen LogP contribution in [0.25, 0.3) is 0 Å². The van der Waals surface area contributed by atoms with E-state index in [2.05, 4.69) is 14.2 Å². The van der Waals surface area contributed by atoms with Crippen molar-refractivity contribution < 1.29 is 28.8 Å². The molecule has 134 valence electrons. The fourth-order valence-corrected chi connectivity index (χ4v) is 0.461. The van der Waals surface area contributed by atoms with Gasteiger partial charge in [0.15, 0.2) is 6.29 Å². The molecule has 0 bridgehead atoms. The summed E-state index contributed by atoms with van der Waals surface area (Å²) in [5.74, 6) is 0. The lowest BCUT2D eigenvalue weighted by Crippen LogP contribution is -2.05. The quantitative estimate of drug-likeness (QED) is 0.638. The van der Waals surface area contributed by atoms with E-state index in [1.54, 1.807) is 7.11 Å². The van der Waals surface area contributed by atoms with Crippen LogP contribution in [-0.4, -0.2) is 65.4 Å². The predicted octanol–water partition coefficient (Wildman–Crippen LogP) is 2.68. The van der Waals surface area contributed by atoms with Crippen molar-refractivity contribution in [1.82, 2.24) is 0 Å². The molecule has 6 nitrogen and oxygen atoms in total. The van der Waals surface area contributed by atoms with Crippen molar-refractivity contribution in [1.29, 1.82) is 0 Å². The molecule has 1 unspecified atom stereocenters. The van der Waals surface area contributed by atoms with Crippen molar-refractivity contribution in [2.24, 2.45) is 0 Å². The van der Waals surface area contributed by atoms with Crippen molar-refractivity contribution in [3.63, 3.8) is 0 Å². The topological polar surface area (TPSA) is 69.7 Å². The zero-order chi connectivity index (χ0) is 16.1. The van der Waals surface area contributed by atoms with Crippen LogP contribution in [0, 0.1) is 0 Å². The highest BCUT2D eigenvalue weighted by molar-refractivity contribution is 4.36. The Hall–Kier alpha value is -0.240. The molecule has 0 saturated carbocycles. The molecule has 0 spiro atoms. The maximum atomic E-state index is 8.44. The Morgan fingerprint density at radius 1 is 0.952 bits per heavy atom. The standard InChI is InChI=1S/C4H10O2.C3H6O2.C3H8O.C2H4O.C2H6.CH4/c1-3-4(5)6-2;1-2-5-3-4-1;1-3-4-2;1-2-3-1;1-2;/h4-5H,3H2,1-2H3;1-3H2;3H2,1-2H3;1-2H2;1-2H3;1H4. The largest absolute Gasteiger partial charge is 0.385 e. The van der Waals surface area contributed by atoms with Gasteiger partial charge in [0.25, 0.3) is 0 Å². The third-order valence-electron chi connectivity index (χ3n) is 1.65. The molecule has 2 aliphatic rings. The Morgan fingerprint density at radius 2 is 1.29 bits per heavy atom. The number of epoxide rings is 1. The highest BCUT2D eigenvalue weighted by atomic mass is 16.7. The first-order chi connectivity index (χ1) is 9.72. The zero-order valence-electron chi connectivity index (χ0n) is 14.0. The molecule has 2 aliphatic heterocycles. The van der Waals surface area contributed by atoms with E-state index in [9.17, 15) is 0 Å². The summed E-state index contributed by atoms with van der Waals surface area (Å²) in [5.41, 5.74) is 0. The van der Waals surface area contributed by atoms with Crippen molar-refractivity contribution in [2.45, 2.75) is 47.8 Å². The Kier molecular flexibility index (Phi) is 43.9. The Bertz CT molecular complexity index is 113. The molecule has 0 amide bonds. The van der Waals surface area contributed by atoms with Crippen molar-refractivity contribution in [3.05, 3.63) is 0 Å². The summed E-state index contributed by atoms with van der Waals surface area (Å²) in [4.78, 5) is 0. The first kappa shape index (κ1) is 28.9. The van der Waals surface area contributed by atoms with Crippen LogP contribution in [0.3, 0.4) is 0 Å². The van der Waals surface area contributed by atoms with Crippen LogP contribution in [-0.2, 0) is 23.7 Å². The zero-order valence-corrected chi connectivity index (χ0v) is 14.0. The molecule has 0 aromatic rings. The number of ether oxygens (including phenoxy) is 5. The van der Waals surface area contributed by atoms with Crippen molar-refractivity contribution in [3.8, 4) is 0 Å². The molecule has 0 aromatic heterocycles.